The summed E-state index contributed by atoms with van der Waals surface area (Å²) in [4.78, 5) is 54.3. The van der Waals surface area contributed by atoms with Gasteiger partial charge in [-0.25, -0.2) is 9.59 Å². The van der Waals surface area contributed by atoms with Crippen molar-refractivity contribution in [3.63, 3.8) is 0 Å². The number of aryl methyl sites for hydroxylation is 1. The molecule has 8 nitrogen and oxygen atoms in total. The van der Waals surface area contributed by atoms with Crippen molar-refractivity contribution >= 4 is 45.0 Å². The average Bonchev–Trinajstić information content (AvgIpc) is 3.16. The van der Waals surface area contributed by atoms with Crippen LogP contribution in [0.4, 0.5) is 5.00 Å². The van der Waals surface area contributed by atoms with Crippen molar-refractivity contribution in [1.82, 2.24) is 4.57 Å². The van der Waals surface area contributed by atoms with E-state index in [1.165, 1.54) is 30.1 Å². The number of hydrogen-bond acceptors (Lipinski definition) is 7. The number of benzene rings is 2. The molecule has 5 rings (SSSR count). The Hall–Kier alpha value is -4.24. The van der Waals surface area contributed by atoms with Crippen molar-refractivity contribution in [3.8, 4) is 11.1 Å². The molecule has 2 aromatic heterocycles. The lowest BCUT2D eigenvalue weighted by Gasteiger charge is -2.20. The minimum Gasteiger partial charge on any atom is -0.465 e. The lowest BCUT2D eigenvalue weighted by atomic mass is 9.97. The Balaban J connectivity index is 1.50. The summed E-state index contributed by atoms with van der Waals surface area (Å²) in [6.07, 6.45) is 3.69. The number of rotatable bonds is 7. The van der Waals surface area contributed by atoms with Crippen molar-refractivity contribution < 1.29 is 23.9 Å². The largest absolute Gasteiger partial charge is 0.465 e. The van der Waals surface area contributed by atoms with Crippen LogP contribution < -0.4 is 10.9 Å². The summed E-state index contributed by atoms with van der Waals surface area (Å²) < 4.78 is 12.1. The first-order valence-electron chi connectivity index (χ1n) is 13.8. The second kappa shape index (κ2) is 12.1. The Bertz CT molecular complexity index is 1690. The number of nitrogens with one attached hydrogen (secondary N) is 1. The van der Waals surface area contributed by atoms with Crippen LogP contribution >= 0.6 is 11.3 Å². The zero-order chi connectivity index (χ0) is 29.1. The van der Waals surface area contributed by atoms with Crippen LogP contribution in [0.5, 0.6) is 0 Å². The van der Waals surface area contributed by atoms with Crippen LogP contribution in [0, 0.1) is 0 Å². The number of hydrogen-bond donors (Lipinski definition) is 1. The minimum atomic E-state index is -1.15. The van der Waals surface area contributed by atoms with Crippen LogP contribution in [-0.2, 0) is 34.2 Å². The molecular formula is C32H32N2O6S. The van der Waals surface area contributed by atoms with Crippen molar-refractivity contribution in [1.29, 1.82) is 0 Å². The standard InChI is InChI=1S/C32H32N2O6S/c1-4-23(28(35)33-29-26(31(37)39-3)22-17-9-6-10-18-24(22)41-29)40-32(38)27-25(19-13-7-5-8-14-19)20-15-11-12-16-21(20)30(36)34(27)2/h5,7-8,11-16,23H,4,6,9-10,17-18H2,1-3H3,(H,33,35). The molecule has 2 heterocycles. The molecule has 4 aromatic rings. The summed E-state index contributed by atoms with van der Waals surface area (Å²) in [7, 11) is 2.85. The molecule has 0 radical (unpaired) electrons. The van der Waals surface area contributed by atoms with Gasteiger partial charge >= 0.3 is 11.9 Å². The van der Waals surface area contributed by atoms with E-state index in [-0.39, 0.29) is 17.7 Å². The van der Waals surface area contributed by atoms with E-state index in [9.17, 15) is 19.2 Å². The SMILES string of the molecule is CCC(OC(=O)c1c(-c2ccccc2)c2ccccc2c(=O)n1C)C(=O)Nc1sc2c(c1C(=O)OC)CCCCC2. The first-order valence-corrected chi connectivity index (χ1v) is 14.6. The molecule has 1 N–H and O–H groups in total. The summed E-state index contributed by atoms with van der Waals surface area (Å²) in [5, 5.41) is 4.35. The molecule has 1 aliphatic carbocycles. The molecule has 0 saturated carbocycles. The van der Waals surface area contributed by atoms with E-state index in [4.69, 9.17) is 9.47 Å². The summed E-state index contributed by atoms with van der Waals surface area (Å²) >= 11 is 1.38. The topological polar surface area (TPSA) is 104 Å². The van der Waals surface area contributed by atoms with Crippen molar-refractivity contribution in [2.45, 2.75) is 51.6 Å². The molecule has 0 aliphatic heterocycles. The molecule has 1 unspecified atom stereocenters. The van der Waals surface area contributed by atoms with Crippen LogP contribution in [0.15, 0.2) is 59.4 Å². The molecule has 1 amide bonds. The van der Waals surface area contributed by atoms with Gasteiger partial charge in [0.05, 0.1) is 12.7 Å². The van der Waals surface area contributed by atoms with Crippen LogP contribution in [0.25, 0.3) is 21.9 Å². The molecule has 212 valence electrons. The molecule has 2 aromatic carbocycles. The zero-order valence-electron chi connectivity index (χ0n) is 23.3. The van der Waals surface area contributed by atoms with Crippen LogP contribution in [0.3, 0.4) is 0 Å². The number of amides is 1. The Morgan fingerprint density at radius 3 is 2.34 bits per heavy atom. The number of esters is 2. The monoisotopic (exact) mass is 572 g/mol. The van der Waals surface area contributed by atoms with E-state index in [2.05, 4.69) is 5.32 Å². The normalized spacial score (nSPS) is 13.6. The molecule has 0 fully saturated rings. The van der Waals surface area contributed by atoms with E-state index in [0.29, 0.717) is 26.9 Å². The van der Waals surface area contributed by atoms with Gasteiger partial charge in [0.2, 0.25) is 0 Å². The lowest BCUT2D eigenvalue weighted by Crippen LogP contribution is -2.34. The molecule has 9 heteroatoms. The lowest BCUT2D eigenvalue weighted by molar-refractivity contribution is -0.124. The molecule has 0 bridgehead atoms. The molecule has 0 spiro atoms. The highest BCUT2D eigenvalue weighted by atomic mass is 32.1. The fourth-order valence-electron chi connectivity index (χ4n) is 5.45. The smallest absolute Gasteiger partial charge is 0.356 e. The van der Waals surface area contributed by atoms with E-state index >= 15 is 0 Å². The first-order chi connectivity index (χ1) is 19.8. The molecular weight excluding hydrogens is 540 g/mol. The predicted molar refractivity (Wildman–Crippen MR) is 160 cm³/mol. The number of aromatic nitrogens is 1. The van der Waals surface area contributed by atoms with Crippen molar-refractivity contribution in [2.24, 2.45) is 7.05 Å². The molecule has 1 aliphatic rings. The number of nitrogens with zero attached hydrogens (tertiary/aromatic N) is 1. The molecule has 41 heavy (non-hydrogen) atoms. The highest BCUT2D eigenvalue weighted by Crippen LogP contribution is 2.38. The fraction of sp³-hybridized carbons (Fsp3) is 0.312. The average molecular weight is 573 g/mol. The predicted octanol–water partition coefficient (Wildman–Crippen LogP) is 5.90. The number of methoxy groups -OCH3 is 1. The van der Waals surface area contributed by atoms with Crippen LogP contribution in [0.1, 0.15) is 63.9 Å². The van der Waals surface area contributed by atoms with E-state index in [1.54, 1.807) is 25.1 Å². The Morgan fingerprint density at radius 1 is 0.951 bits per heavy atom. The van der Waals surface area contributed by atoms with Crippen LogP contribution in [-0.4, -0.2) is 35.6 Å². The third-order valence-corrected chi connectivity index (χ3v) is 8.73. The van der Waals surface area contributed by atoms with Gasteiger partial charge in [-0.3, -0.25) is 9.59 Å². The maximum absolute atomic E-state index is 13.8. The Morgan fingerprint density at radius 2 is 1.63 bits per heavy atom. The minimum absolute atomic E-state index is 0.0595. The fourth-order valence-corrected chi connectivity index (χ4v) is 6.73. The number of anilines is 1. The van der Waals surface area contributed by atoms with Gasteiger partial charge in [0.1, 0.15) is 10.7 Å². The third kappa shape index (κ3) is 5.41. The molecule has 0 saturated heterocycles. The molecule has 1 atom stereocenters. The van der Waals surface area contributed by atoms with E-state index in [1.807, 2.05) is 36.4 Å². The van der Waals surface area contributed by atoms with Gasteiger partial charge in [0.25, 0.3) is 11.5 Å². The number of carbonyl (C=O) groups is 3. The highest BCUT2D eigenvalue weighted by Gasteiger charge is 2.31. The van der Waals surface area contributed by atoms with Crippen LogP contribution in [0.2, 0.25) is 0 Å². The number of ether oxygens (including phenoxy) is 2. The Labute approximate surface area is 241 Å². The maximum Gasteiger partial charge on any atom is 0.356 e. The van der Waals surface area contributed by atoms with Gasteiger partial charge in [0.15, 0.2) is 6.10 Å². The van der Waals surface area contributed by atoms with Gasteiger partial charge in [-0.15, -0.1) is 11.3 Å². The summed E-state index contributed by atoms with van der Waals surface area (Å²) in [5.74, 6) is -1.83. The van der Waals surface area contributed by atoms with Gasteiger partial charge in [-0.1, -0.05) is 61.9 Å². The van der Waals surface area contributed by atoms with Gasteiger partial charge in [-0.05, 0) is 54.7 Å². The summed E-state index contributed by atoms with van der Waals surface area (Å²) in [6, 6.07) is 16.4. The highest BCUT2D eigenvalue weighted by molar-refractivity contribution is 7.17. The van der Waals surface area contributed by atoms with E-state index < -0.39 is 23.9 Å². The number of fused-ring (bicyclic) bond motifs is 2. The maximum atomic E-state index is 13.8. The number of carbonyl (C=O) groups excluding carboxylic acids is 3. The third-order valence-electron chi connectivity index (χ3n) is 7.52. The van der Waals surface area contributed by atoms with Crippen molar-refractivity contribution in [3.05, 3.63) is 86.6 Å². The van der Waals surface area contributed by atoms with Gasteiger partial charge < -0.3 is 19.4 Å². The quantitative estimate of drug-likeness (QED) is 0.219. The van der Waals surface area contributed by atoms with Crippen molar-refractivity contribution in [2.75, 3.05) is 12.4 Å². The van der Waals surface area contributed by atoms with Gasteiger partial charge in [-0.2, -0.15) is 0 Å². The zero-order valence-corrected chi connectivity index (χ0v) is 24.1. The van der Waals surface area contributed by atoms with E-state index in [0.717, 1.165) is 48.1 Å². The number of thiophene rings is 1. The Kier molecular flexibility index (Phi) is 8.35. The number of pyridine rings is 1. The van der Waals surface area contributed by atoms with Gasteiger partial charge in [0, 0.05) is 22.9 Å². The summed E-state index contributed by atoms with van der Waals surface area (Å²) in [6.45, 7) is 1.74. The second-order valence-electron chi connectivity index (χ2n) is 10.1. The first kappa shape index (κ1) is 28.3. The second-order valence-corrected chi connectivity index (χ2v) is 11.2. The summed E-state index contributed by atoms with van der Waals surface area (Å²) in [5.41, 5.74) is 2.33.